The first-order valence-electron chi connectivity index (χ1n) is 5.08. The lowest BCUT2D eigenvalue weighted by Crippen LogP contribution is -2.18. The van der Waals surface area contributed by atoms with Crippen LogP contribution >= 0.6 is 0 Å². The van der Waals surface area contributed by atoms with Gasteiger partial charge in [0.25, 0.3) is 0 Å². The second-order valence-electron chi connectivity index (χ2n) is 3.95. The van der Waals surface area contributed by atoms with Crippen molar-refractivity contribution in [1.82, 2.24) is 0 Å². The van der Waals surface area contributed by atoms with Crippen molar-refractivity contribution in [3.8, 4) is 0 Å². The number of hydrogen-bond donors (Lipinski definition) is 2. The maximum absolute atomic E-state index is 5.49. The Labute approximate surface area is 76.7 Å². The van der Waals surface area contributed by atoms with E-state index in [1.54, 1.807) is 0 Å². The van der Waals surface area contributed by atoms with Gasteiger partial charge in [0.1, 0.15) is 0 Å². The summed E-state index contributed by atoms with van der Waals surface area (Å²) in [6.45, 7) is 6.24. The molecule has 0 unspecified atom stereocenters. The second kappa shape index (κ2) is 6.44. The molecule has 0 aromatic heterocycles. The van der Waals surface area contributed by atoms with Crippen molar-refractivity contribution < 1.29 is 0 Å². The van der Waals surface area contributed by atoms with Crippen LogP contribution in [0, 0.1) is 5.41 Å². The summed E-state index contributed by atoms with van der Waals surface area (Å²) in [4.78, 5) is 0. The third kappa shape index (κ3) is 4.73. The standard InChI is InChI=1S/C10H24N2/c1-3-10(2,6-4-8-11)7-5-9-12/h3-9,11-12H2,1-2H3. The fourth-order valence-corrected chi connectivity index (χ4v) is 1.54. The average Bonchev–Trinajstić information content (AvgIpc) is 2.11. The molecule has 0 aliphatic carbocycles. The van der Waals surface area contributed by atoms with Crippen LogP contribution in [-0.2, 0) is 0 Å². The Morgan fingerprint density at radius 1 is 1.00 bits per heavy atom. The summed E-state index contributed by atoms with van der Waals surface area (Å²) in [7, 11) is 0. The maximum Gasteiger partial charge on any atom is -0.00771 e. The van der Waals surface area contributed by atoms with Gasteiger partial charge in [0.15, 0.2) is 0 Å². The first-order valence-corrected chi connectivity index (χ1v) is 5.08. The minimum absolute atomic E-state index is 0.485. The lowest BCUT2D eigenvalue weighted by Gasteiger charge is -2.27. The first-order chi connectivity index (χ1) is 5.68. The van der Waals surface area contributed by atoms with Gasteiger partial charge in [-0.25, -0.2) is 0 Å². The third-order valence-electron chi connectivity index (χ3n) is 2.82. The van der Waals surface area contributed by atoms with Crippen molar-refractivity contribution in [2.75, 3.05) is 13.1 Å². The summed E-state index contributed by atoms with van der Waals surface area (Å²) in [5.74, 6) is 0. The van der Waals surface area contributed by atoms with Gasteiger partial charge in [-0.05, 0) is 44.2 Å². The van der Waals surface area contributed by atoms with E-state index in [2.05, 4.69) is 13.8 Å². The molecule has 0 rings (SSSR count). The molecule has 0 radical (unpaired) electrons. The quantitative estimate of drug-likeness (QED) is 0.616. The van der Waals surface area contributed by atoms with Crippen molar-refractivity contribution in [3.63, 3.8) is 0 Å². The summed E-state index contributed by atoms with van der Waals surface area (Å²) < 4.78 is 0. The molecule has 0 aromatic carbocycles. The Morgan fingerprint density at radius 3 is 1.67 bits per heavy atom. The summed E-state index contributed by atoms with van der Waals surface area (Å²) in [5, 5.41) is 0. The molecule has 0 bridgehead atoms. The number of nitrogens with two attached hydrogens (primary N) is 2. The van der Waals surface area contributed by atoms with Crippen LogP contribution in [0.4, 0.5) is 0 Å². The molecule has 0 atom stereocenters. The van der Waals surface area contributed by atoms with E-state index in [0.717, 1.165) is 25.9 Å². The normalized spacial score (nSPS) is 12.0. The van der Waals surface area contributed by atoms with E-state index in [0.29, 0.717) is 5.41 Å². The van der Waals surface area contributed by atoms with Crippen molar-refractivity contribution in [2.24, 2.45) is 16.9 Å². The topological polar surface area (TPSA) is 52.0 Å². The van der Waals surface area contributed by atoms with Crippen LogP contribution in [0.2, 0.25) is 0 Å². The molecule has 0 amide bonds. The van der Waals surface area contributed by atoms with Gasteiger partial charge < -0.3 is 11.5 Å². The van der Waals surface area contributed by atoms with Crippen LogP contribution in [0.1, 0.15) is 46.0 Å². The van der Waals surface area contributed by atoms with E-state index in [4.69, 9.17) is 11.5 Å². The van der Waals surface area contributed by atoms with Crippen LogP contribution in [0.3, 0.4) is 0 Å². The Hall–Kier alpha value is -0.0800. The Bertz CT molecular complexity index is 94.0. The van der Waals surface area contributed by atoms with Crippen molar-refractivity contribution in [2.45, 2.75) is 46.0 Å². The van der Waals surface area contributed by atoms with Gasteiger partial charge in [-0.15, -0.1) is 0 Å². The van der Waals surface area contributed by atoms with Gasteiger partial charge in [-0.1, -0.05) is 20.3 Å². The molecule has 0 aliphatic rings. The molecule has 12 heavy (non-hydrogen) atoms. The molecule has 2 heteroatoms. The minimum Gasteiger partial charge on any atom is -0.330 e. The van der Waals surface area contributed by atoms with Crippen molar-refractivity contribution >= 4 is 0 Å². The summed E-state index contributed by atoms with van der Waals surface area (Å²) in [6, 6.07) is 0. The van der Waals surface area contributed by atoms with Crippen molar-refractivity contribution in [3.05, 3.63) is 0 Å². The van der Waals surface area contributed by atoms with Crippen LogP contribution < -0.4 is 11.5 Å². The largest absolute Gasteiger partial charge is 0.330 e. The first kappa shape index (κ1) is 11.9. The molecule has 0 aliphatic heterocycles. The Balaban J connectivity index is 3.70. The van der Waals surface area contributed by atoms with E-state index in [-0.39, 0.29) is 0 Å². The van der Waals surface area contributed by atoms with Crippen molar-refractivity contribution in [1.29, 1.82) is 0 Å². The Morgan fingerprint density at radius 2 is 1.42 bits per heavy atom. The van der Waals surface area contributed by atoms with E-state index >= 15 is 0 Å². The minimum atomic E-state index is 0.485. The number of hydrogen-bond acceptors (Lipinski definition) is 2. The average molecular weight is 172 g/mol. The molecule has 74 valence electrons. The predicted molar refractivity (Wildman–Crippen MR) is 55.0 cm³/mol. The molecule has 0 aromatic rings. The highest BCUT2D eigenvalue weighted by atomic mass is 14.5. The molecule has 4 N–H and O–H groups in total. The van der Waals surface area contributed by atoms with Crippen LogP contribution in [0.5, 0.6) is 0 Å². The van der Waals surface area contributed by atoms with Gasteiger partial charge in [0, 0.05) is 0 Å². The van der Waals surface area contributed by atoms with E-state index in [1.807, 2.05) is 0 Å². The molecule has 0 spiro atoms. The molecular formula is C10H24N2. The molecule has 0 heterocycles. The van der Waals surface area contributed by atoms with Crippen LogP contribution in [0.25, 0.3) is 0 Å². The highest BCUT2D eigenvalue weighted by molar-refractivity contribution is 4.72. The highest BCUT2D eigenvalue weighted by Gasteiger charge is 2.19. The zero-order chi connectivity index (χ0) is 9.45. The lowest BCUT2D eigenvalue weighted by molar-refractivity contribution is 0.251. The van der Waals surface area contributed by atoms with E-state index in [9.17, 15) is 0 Å². The van der Waals surface area contributed by atoms with Crippen LogP contribution in [-0.4, -0.2) is 13.1 Å². The molecule has 0 saturated heterocycles. The maximum atomic E-state index is 5.49. The molecule has 0 saturated carbocycles. The van der Waals surface area contributed by atoms with Gasteiger partial charge in [0.05, 0.1) is 0 Å². The zero-order valence-corrected chi connectivity index (χ0v) is 8.60. The monoisotopic (exact) mass is 172 g/mol. The second-order valence-corrected chi connectivity index (χ2v) is 3.95. The third-order valence-corrected chi connectivity index (χ3v) is 2.82. The highest BCUT2D eigenvalue weighted by Crippen LogP contribution is 2.32. The molecule has 2 nitrogen and oxygen atoms in total. The summed E-state index contributed by atoms with van der Waals surface area (Å²) >= 11 is 0. The van der Waals surface area contributed by atoms with Gasteiger partial charge in [0.2, 0.25) is 0 Å². The van der Waals surface area contributed by atoms with Gasteiger partial charge >= 0.3 is 0 Å². The Kier molecular flexibility index (Phi) is 6.39. The zero-order valence-electron chi connectivity index (χ0n) is 8.60. The number of rotatable bonds is 7. The predicted octanol–water partition coefficient (Wildman–Crippen LogP) is 1.88. The molecular weight excluding hydrogens is 148 g/mol. The van der Waals surface area contributed by atoms with E-state index < -0.39 is 0 Å². The van der Waals surface area contributed by atoms with Crippen LogP contribution in [0.15, 0.2) is 0 Å². The van der Waals surface area contributed by atoms with E-state index in [1.165, 1.54) is 19.3 Å². The fraction of sp³-hybridized carbons (Fsp3) is 1.00. The molecule has 0 fully saturated rings. The fourth-order valence-electron chi connectivity index (χ4n) is 1.54. The van der Waals surface area contributed by atoms with Gasteiger partial charge in [-0.3, -0.25) is 0 Å². The SMILES string of the molecule is CCC(C)(CCCN)CCCN. The van der Waals surface area contributed by atoms with Gasteiger partial charge in [-0.2, -0.15) is 0 Å². The smallest absolute Gasteiger partial charge is 0.00771 e. The summed E-state index contributed by atoms with van der Waals surface area (Å²) in [5.41, 5.74) is 11.5. The lowest BCUT2D eigenvalue weighted by atomic mass is 9.79. The summed E-state index contributed by atoms with van der Waals surface area (Å²) in [6.07, 6.45) is 6.04.